The van der Waals surface area contributed by atoms with Crippen LogP contribution in [0.2, 0.25) is 0 Å². The number of nitrogens with zero attached hydrogens (tertiary/aromatic N) is 1. The number of fused-ring (bicyclic) bond motifs is 1. The van der Waals surface area contributed by atoms with Crippen molar-refractivity contribution in [3.63, 3.8) is 0 Å². The third-order valence-electron chi connectivity index (χ3n) is 5.48. The first-order valence-corrected chi connectivity index (χ1v) is 11.2. The summed E-state index contributed by atoms with van der Waals surface area (Å²) >= 11 is 0. The third kappa shape index (κ3) is 5.67. The molecule has 2 amide bonds. The van der Waals surface area contributed by atoms with Crippen LogP contribution >= 0.6 is 0 Å². The van der Waals surface area contributed by atoms with Gasteiger partial charge < -0.3 is 24.4 Å². The monoisotopic (exact) mass is 460 g/mol. The van der Waals surface area contributed by atoms with E-state index in [1.54, 1.807) is 23.1 Å². The van der Waals surface area contributed by atoms with Crippen molar-refractivity contribution in [3.8, 4) is 17.2 Å². The van der Waals surface area contributed by atoms with E-state index in [2.05, 4.69) is 5.32 Å². The smallest absolute Gasteiger partial charge is 0.265 e. The van der Waals surface area contributed by atoms with Gasteiger partial charge in [-0.3, -0.25) is 9.59 Å². The van der Waals surface area contributed by atoms with Gasteiger partial charge in [-0.2, -0.15) is 0 Å². The molecule has 4 rings (SSSR count). The topological polar surface area (TPSA) is 77.1 Å². The first-order valence-electron chi connectivity index (χ1n) is 11.2. The summed E-state index contributed by atoms with van der Waals surface area (Å²) in [5.41, 5.74) is 3.15. The molecule has 1 N–H and O–H groups in total. The van der Waals surface area contributed by atoms with Gasteiger partial charge in [-0.1, -0.05) is 36.4 Å². The van der Waals surface area contributed by atoms with Gasteiger partial charge in [0.25, 0.3) is 11.8 Å². The van der Waals surface area contributed by atoms with Crippen LogP contribution in [0.1, 0.15) is 17.5 Å². The van der Waals surface area contributed by atoms with Gasteiger partial charge in [0.05, 0.1) is 12.3 Å². The van der Waals surface area contributed by atoms with Gasteiger partial charge in [0.2, 0.25) is 0 Å². The van der Waals surface area contributed by atoms with E-state index < -0.39 is 0 Å². The molecule has 0 radical (unpaired) electrons. The molecule has 0 fully saturated rings. The summed E-state index contributed by atoms with van der Waals surface area (Å²) < 4.78 is 17.0. The summed E-state index contributed by atoms with van der Waals surface area (Å²) in [6, 6.07) is 20.7. The maximum atomic E-state index is 12.5. The quantitative estimate of drug-likeness (QED) is 0.475. The molecule has 1 aliphatic heterocycles. The number of ether oxygens (including phenoxy) is 3. The zero-order chi connectivity index (χ0) is 23.9. The van der Waals surface area contributed by atoms with Crippen molar-refractivity contribution in [3.05, 3.63) is 77.9 Å². The molecule has 34 heavy (non-hydrogen) atoms. The lowest BCUT2D eigenvalue weighted by atomic mass is 10.1. The van der Waals surface area contributed by atoms with Crippen molar-refractivity contribution in [2.45, 2.75) is 20.3 Å². The Kier molecular flexibility index (Phi) is 7.32. The van der Waals surface area contributed by atoms with Crippen LogP contribution in [0.4, 0.5) is 11.4 Å². The van der Waals surface area contributed by atoms with Gasteiger partial charge in [0, 0.05) is 12.2 Å². The number of aryl methyl sites for hydroxylation is 2. The van der Waals surface area contributed by atoms with E-state index in [0.717, 1.165) is 16.9 Å². The van der Waals surface area contributed by atoms with Crippen molar-refractivity contribution in [2.24, 2.45) is 0 Å². The normalized spacial score (nSPS) is 12.5. The van der Waals surface area contributed by atoms with Gasteiger partial charge in [0.1, 0.15) is 17.2 Å². The van der Waals surface area contributed by atoms with Crippen LogP contribution in [0.3, 0.4) is 0 Å². The largest absolute Gasteiger partial charge is 0.494 e. The standard InChI is InChI=1S/C27H28N2O5/c1-19-8-6-9-20(2)27(19)34-17-25(30)28-21-12-13-24-23(16-21)29(26(31)18-33-24)14-7-15-32-22-10-4-3-5-11-22/h3-6,8-13,16H,7,14-15,17-18H2,1-2H3,(H,28,30). The van der Waals surface area contributed by atoms with Crippen LogP contribution in [0, 0.1) is 13.8 Å². The van der Waals surface area contributed by atoms with E-state index in [0.29, 0.717) is 42.4 Å². The first kappa shape index (κ1) is 23.2. The van der Waals surface area contributed by atoms with E-state index in [1.807, 2.05) is 62.4 Å². The molecule has 0 atom stereocenters. The molecule has 1 heterocycles. The fourth-order valence-electron chi connectivity index (χ4n) is 3.82. The van der Waals surface area contributed by atoms with Gasteiger partial charge >= 0.3 is 0 Å². The number of hydrogen-bond acceptors (Lipinski definition) is 5. The van der Waals surface area contributed by atoms with Crippen molar-refractivity contribution in [1.82, 2.24) is 0 Å². The highest BCUT2D eigenvalue weighted by atomic mass is 16.5. The number of amides is 2. The third-order valence-corrected chi connectivity index (χ3v) is 5.48. The van der Waals surface area contributed by atoms with Crippen LogP contribution in [0.5, 0.6) is 17.2 Å². The van der Waals surface area contributed by atoms with Crippen LogP contribution in [-0.2, 0) is 9.59 Å². The Morgan fingerprint density at radius 1 is 1.00 bits per heavy atom. The number of anilines is 2. The lowest BCUT2D eigenvalue weighted by molar-refractivity contribution is -0.121. The predicted octanol–water partition coefficient (Wildman–Crippen LogP) is 4.52. The minimum atomic E-state index is -0.284. The molecule has 1 aliphatic rings. The Balaban J connectivity index is 1.36. The SMILES string of the molecule is Cc1cccc(C)c1OCC(=O)Nc1ccc2c(c1)N(CCCOc1ccccc1)C(=O)CO2. The fourth-order valence-corrected chi connectivity index (χ4v) is 3.82. The second-order valence-electron chi connectivity index (χ2n) is 8.09. The number of carbonyl (C=O) groups excluding carboxylic acids is 2. The predicted molar refractivity (Wildman–Crippen MR) is 131 cm³/mol. The number of nitrogens with one attached hydrogen (secondary N) is 1. The minimum Gasteiger partial charge on any atom is -0.494 e. The van der Waals surface area contributed by atoms with Crippen LogP contribution < -0.4 is 24.4 Å². The molecular formula is C27H28N2O5. The Morgan fingerprint density at radius 2 is 1.76 bits per heavy atom. The van der Waals surface area contributed by atoms with Gasteiger partial charge in [0.15, 0.2) is 13.2 Å². The molecule has 0 saturated carbocycles. The fraction of sp³-hybridized carbons (Fsp3) is 0.259. The lowest BCUT2D eigenvalue weighted by Crippen LogP contribution is -2.39. The van der Waals surface area contributed by atoms with Crippen molar-refractivity contribution < 1.29 is 23.8 Å². The van der Waals surface area contributed by atoms with Gasteiger partial charge in [-0.25, -0.2) is 0 Å². The average molecular weight is 461 g/mol. The Bertz CT molecular complexity index is 1140. The Labute approximate surface area is 199 Å². The highest BCUT2D eigenvalue weighted by Crippen LogP contribution is 2.34. The average Bonchev–Trinajstić information content (AvgIpc) is 2.83. The van der Waals surface area contributed by atoms with Crippen molar-refractivity contribution >= 4 is 23.2 Å². The molecule has 0 spiro atoms. The lowest BCUT2D eigenvalue weighted by Gasteiger charge is -2.30. The second-order valence-corrected chi connectivity index (χ2v) is 8.09. The molecule has 0 bridgehead atoms. The van der Waals surface area contributed by atoms with E-state index >= 15 is 0 Å². The molecule has 176 valence electrons. The number of carbonyl (C=O) groups is 2. The van der Waals surface area contributed by atoms with Crippen LogP contribution in [-0.4, -0.2) is 38.2 Å². The number of rotatable bonds is 9. The summed E-state index contributed by atoms with van der Waals surface area (Å²) in [6.07, 6.45) is 0.653. The molecule has 0 aromatic heterocycles. The summed E-state index contributed by atoms with van der Waals surface area (Å²) in [4.78, 5) is 26.7. The second kappa shape index (κ2) is 10.7. The Hall–Kier alpha value is -4.00. The molecule has 0 aliphatic carbocycles. The zero-order valence-electron chi connectivity index (χ0n) is 19.4. The van der Waals surface area contributed by atoms with Crippen LogP contribution in [0.15, 0.2) is 66.7 Å². The number of hydrogen-bond donors (Lipinski definition) is 1. The highest BCUT2D eigenvalue weighted by Gasteiger charge is 2.25. The summed E-state index contributed by atoms with van der Waals surface area (Å²) in [5.74, 6) is 1.70. The van der Waals surface area contributed by atoms with E-state index in [9.17, 15) is 9.59 Å². The van der Waals surface area contributed by atoms with E-state index in [1.165, 1.54) is 0 Å². The molecule has 3 aromatic carbocycles. The Morgan fingerprint density at radius 3 is 2.53 bits per heavy atom. The summed E-state index contributed by atoms with van der Waals surface area (Å²) in [5, 5.41) is 2.84. The minimum absolute atomic E-state index is 0.0120. The number of para-hydroxylation sites is 2. The molecule has 0 saturated heterocycles. The molecule has 7 heteroatoms. The summed E-state index contributed by atoms with van der Waals surface area (Å²) in [7, 11) is 0. The molecule has 7 nitrogen and oxygen atoms in total. The van der Waals surface area contributed by atoms with E-state index in [4.69, 9.17) is 14.2 Å². The summed E-state index contributed by atoms with van der Waals surface area (Å²) in [6.45, 7) is 4.73. The first-order chi connectivity index (χ1) is 16.5. The zero-order valence-corrected chi connectivity index (χ0v) is 19.4. The highest BCUT2D eigenvalue weighted by molar-refractivity contribution is 5.99. The molecule has 0 unspecified atom stereocenters. The van der Waals surface area contributed by atoms with Crippen molar-refractivity contribution in [2.75, 3.05) is 36.6 Å². The molecular weight excluding hydrogens is 432 g/mol. The van der Waals surface area contributed by atoms with Crippen molar-refractivity contribution in [1.29, 1.82) is 0 Å². The molecule has 3 aromatic rings. The van der Waals surface area contributed by atoms with Gasteiger partial charge in [-0.05, 0) is 61.7 Å². The van der Waals surface area contributed by atoms with E-state index in [-0.39, 0.29) is 25.0 Å². The van der Waals surface area contributed by atoms with Crippen LogP contribution in [0.25, 0.3) is 0 Å². The van der Waals surface area contributed by atoms with Gasteiger partial charge in [-0.15, -0.1) is 0 Å². The maximum absolute atomic E-state index is 12.5. The number of benzene rings is 3. The maximum Gasteiger partial charge on any atom is 0.265 e.